The molecule has 33 heavy (non-hydrogen) atoms. The number of carbonyl (C=O) groups excluding carboxylic acids is 1. The maximum absolute atomic E-state index is 13.5. The molecule has 168 valence electrons. The van der Waals surface area contributed by atoms with E-state index in [9.17, 15) is 13.2 Å². The predicted octanol–water partition coefficient (Wildman–Crippen LogP) is 3.89. The third kappa shape index (κ3) is 3.53. The van der Waals surface area contributed by atoms with Crippen molar-refractivity contribution in [1.29, 1.82) is 0 Å². The zero-order chi connectivity index (χ0) is 23.2. The topological polar surface area (TPSA) is 81.1 Å². The van der Waals surface area contributed by atoms with Crippen LogP contribution in [0.4, 0.5) is 0 Å². The lowest BCUT2D eigenvalue weighted by atomic mass is 9.74. The number of pyridine rings is 1. The number of nitrogens with zero attached hydrogens (tertiary/aromatic N) is 2. The highest BCUT2D eigenvalue weighted by molar-refractivity contribution is 7.90. The molecule has 0 saturated carbocycles. The van der Waals surface area contributed by atoms with E-state index in [4.69, 9.17) is 0 Å². The van der Waals surface area contributed by atoms with Crippen LogP contribution in [0.1, 0.15) is 28.7 Å². The van der Waals surface area contributed by atoms with Gasteiger partial charge in [-0.2, -0.15) is 0 Å². The van der Waals surface area contributed by atoms with Crippen LogP contribution in [0.15, 0.2) is 78.1 Å². The molecule has 0 aliphatic carbocycles. The van der Waals surface area contributed by atoms with Gasteiger partial charge >= 0.3 is 0 Å². The largest absolute Gasteiger partial charge is 0.355 e. The summed E-state index contributed by atoms with van der Waals surface area (Å²) < 4.78 is 28.4. The van der Waals surface area contributed by atoms with E-state index >= 15 is 0 Å². The molecule has 6 nitrogen and oxygen atoms in total. The van der Waals surface area contributed by atoms with Crippen LogP contribution in [0.2, 0.25) is 0 Å². The third-order valence-corrected chi connectivity index (χ3v) is 8.32. The smallest absolute Gasteiger partial charge is 0.268 e. The van der Waals surface area contributed by atoms with E-state index in [1.807, 2.05) is 44.2 Å². The van der Waals surface area contributed by atoms with Gasteiger partial charge in [-0.1, -0.05) is 29.8 Å². The van der Waals surface area contributed by atoms with Crippen molar-refractivity contribution < 1.29 is 13.2 Å². The summed E-state index contributed by atoms with van der Waals surface area (Å²) in [6.45, 7) is 4.41. The van der Waals surface area contributed by atoms with Gasteiger partial charge in [-0.15, -0.1) is 0 Å². The van der Waals surface area contributed by atoms with Crippen molar-refractivity contribution >= 4 is 26.8 Å². The van der Waals surface area contributed by atoms with Gasteiger partial charge in [0.15, 0.2) is 0 Å². The number of benzene rings is 2. The molecular weight excluding hydrogens is 434 g/mol. The molecule has 5 rings (SSSR count). The zero-order valence-electron chi connectivity index (χ0n) is 18.6. The molecule has 0 bridgehead atoms. The fraction of sp³-hybridized carbons (Fsp3) is 0.231. The fourth-order valence-corrected chi connectivity index (χ4v) is 6.16. The minimum atomic E-state index is -3.79. The standard InChI is InChI=1S/C26H25N3O3S/c1-18-3-6-22(7-4-18)33(31,32)29-17-19(2)23-8-5-21(15-24(23)29)26(11-14-28-25(26)30)16-20-9-12-27-13-10-20/h3-10,12-13,15,17H,11,14,16H2,1-2H3,(H,28,30). The van der Waals surface area contributed by atoms with Crippen molar-refractivity contribution in [3.63, 3.8) is 0 Å². The van der Waals surface area contributed by atoms with Gasteiger partial charge in [-0.3, -0.25) is 9.78 Å². The van der Waals surface area contributed by atoms with Crippen molar-refractivity contribution in [2.24, 2.45) is 0 Å². The molecule has 0 radical (unpaired) electrons. The van der Waals surface area contributed by atoms with Gasteiger partial charge in [-0.05, 0) is 73.7 Å². The molecular formula is C26H25N3O3S. The van der Waals surface area contributed by atoms with Crippen LogP contribution in [0.5, 0.6) is 0 Å². The normalized spacial score (nSPS) is 18.5. The summed E-state index contributed by atoms with van der Waals surface area (Å²) in [5, 5.41) is 3.83. The predicted molar refractivity (Wildman–Crippen MR) is 128 cm³/mol. The Labute approximate surface area is 193 Å². The second-order valence-corrected chi connectivity index (χ2v) is 10.6. The molecule has 1 fully saturated rings. The molecule has 4 aromatic rings. The second-order valence-electron chi connectivity index (χ2n) is 8.78. The molecule has 2 aromatic carbocycles. The van der Waals surface area contributed by atoms with Crippen LogP contribution < -0.4 is 5.32 Å². The van der Waals surface area contributed by atoms with E-state index in [0.29, 0.717) is 24.9 Å². The van der Waals surface area contributed by atoms with E-state index in [0.717, 1.165) is 27.6 Å². The van der Waals surface area contributed by atoms with Gasteiger partial charge in [0.1, 0.15) is 0 Å². The average molecular weight is 460 g/mol. The van der Waals surface area contributed by atoms with Crippen molar-refractivity contribution in [2.45, 2.75) is 37.0 Å². The van der Waals surface area contributed by atoms with Crippen LogP contribution in [-0.2, 0) is 26.7 Å². The summed E-state index contributed by atoms with van der Waals surface area (Å²) in [6, 6.07) is 16.5. The Bertz CT molecular complexity index is 1460. The number of amides is 1. The molecule has 1 saturated heterocycles. The number of aromatic nitrogens is 2. The van der Waals surface area contributed by atoms with Gasteiger partial charge in [0.2, 0.25) is 5.91 Å². The highest BCUT2D eigenvalue weighted by Gasteiger charge is 2.44. The summed E-state index contributed by atoms with van der Waals surface area (Å²) in [5.41, 5.74) is 3.52. The summed E-state index contributed by atoms with van der Waals surface area (Å²) in [6.07, 6.45) is 6.28. The van der Waals surface area contributed by atoms with Gasteiger partial charge < -0.3 is 5.32 Å². The molecule has 1 amide bonds. The lowest BCUT2D eigenvalue weighted by Crippen LogP contribution is -2.37. The van der Waals surface area contributed by atoms with Crippen LogP contribution in [0, 0.1) is 13.8 Å². The number of aryl methyl sites for hydroxylation is 2. The Morgan fingerprint density at radius 2 is 1.76 bits per heavy atom. The number of hydrogen-bond acceptors (Lipinski definition) is 4. The van der Waals surface area contributed by atoms with Gasteiger partial charge in [0, 0.05) is 30.5 Å². The van der Waals surface area contributed by atoms with Crippen LogP contribution in [0.25, 0.3) is 10.9 Å². The summed E-state index contributed by atoms with van der Waals surface area (Å²) in [7, 11) is -3.79. The SMILES string of the molecule is Cc1ccc(S(=O)(=O)n2cc(C)c3ccc(C4(Cc5ccncc5)CCNC4=O)cc32)cc1. The van der Waals surface area contributed by atoms with E-state index in [2.05, 4.69) is 10.3 Å². The van der Waals surface area contributed by atoms with Gasteiger partial charge in [-0.25, -0.2) is 12.4 Å². The summed E-state index contributed by atoms with van der Waals surface area (Å²) in [4.78, 5) is 17.4. The van der Waals surface area contributed by atoms with Crippen molar-refractivity contribution in [2.75, 3.05) is 6.54 Å². The maximum Gasteiger partial charge on any atom is 0.268 e. The zero-order valence-corrected chi connectivity index (χ0v) is 19.4. The minimum absolute atomic E-state index is 0.0325. The molecule has 3 heterocycles. The molecule has 1 N–H and O–H groups in total. The lowest BCUT2D eigenvalue weighted by molar-refractivity contribution is -0.124. The second kappa shape index (κ2) is 7.85. The first-order valence-corrected chi connectivity index (χ1v) is 12.4. The molecule has 0 spiro atoms. The highest BCUT2D eigenvalue weighted by Crippen LogP contribution is 2.38. The first kappa shape index (κ1) is 21.4. The van der Waals surface area contributed by atoms with E-state index in [1.54, 1.807) is 42.9 Å². The summed E-state index contributed by atoms with van der Waals surface area (Å²) >= 11 is 0. The van der Waals surface area contributed by atoms with E-state index in [1.165, 1.54) is 3.97 Å². The highest BCUT2D eigenvalue weighted by atomic mass is 32.2. The van der Waals surface area contributed by atoms with E-state index < -0.39 is 15.4 Å². The molecule has 7 heteroatoms. The van der Waals surface area contributed by atoms with Crippen molar-refractivity contribution in [1.82, 2.24) is 14.3 Å². The van der Waals surface area contributed by atoms with Crippen molar-refractivity contribution in [3.8, 4) is 0 Å². The van der Waals surface area contributed by atoms with Crippen LogP contribution >= 0.6 is 0 Å². The lowest BCUT2D eigenvalue weighted by Gasteiger charge is -2.27. The Morgan fingerprint density at radius 3 is 2.42 bits per heavy atom. The number of carbonyl (C=O) groups is 1. The van der Waals surface area contributed by atoms with Crippen LogP contribution in [0.3, 0.4) is 0 Å². The number of nitrogens with one attached hydrogen (secondary N) is 1. The molecule has 2 aromatic heterocycles. The Balaban J connectivity index is 1.68. The molecule has 1 aliphatic rings. The van der Waals surface area contributed by atoms with E-state index in [-0.39, 0.29) is 10.8 Å². The van der Waals surface area contributed by atoms with Crippen LogP contribution in [-0.4, -0.2) is 29.8 Å². The molecule has 1 aliphatic heterocycles. The third-order valence-electron chi connectivity index (χ3n) is 6.63. The van der Waals surface area contributed by atoms with Gasteiger partial charge in [0.05, 0.1) is 15.8 Å². The summed E-state index contributed by atoms with van der Waals surface area (Å²) in [5.74, 6) is -0.0325. The minimum Gasteiger partial charge on any atom is -0.355 e. The first-order chi connectivity index (χ1) is 15.8. The maximum atomic E-state index is 13.5. The average Bonchev–Trinajstić information content (AvgIpc) is 3.35. The Kier molecular flexibility index (Phi) is 5.09. The Morgan fingerprint density at radius 1 is 1.03 bits per heavy atom. The number of hydrogen-bond donors (Lipinski definition) is 1. The quantitative estimate of drug-likeness (QED) is 0.491. The van der Waals surface area contributed by atoms with Gasteiger partial charge in [0.25, 0.3) is 10.0 Å². The molecule has 1 unspecified atom stereocenters. The monoisotopic (exact) mass is 459 g/mol. The number of fused-ring (bicyclic) bond motifs is 1. The van der Waals surface area contributed by atoms with Crippen molar-refractivity contribution in [3.05, 3.63) is 95.4 Å². The first-order valence-electron chi connectivity index (χ1n) is 10.9. The molecule has 1 atom stereocenters. The fourth-order valence-electron chi connectivity index (χ4n) is 4.75. The Hall–Kier alpha value is -3.45. The number of rotatable bonds is 5.